The maximum absolute atomic E-state index is 11.8. The molecule has 29 heavy (non-hydrogen) atoms. The van der Waals surface area contributed by atoms with Gasteiger partial charge in [0.05, 0.1) is 5.69 Å². The Hall–Kier alpha value is -3.08. The van der Waals surface area contributed by atoms with Crippen LogP contribution in [0.3, 0.4) is 0 Å². The lowest BCUT2D eigenvalue weighted by Crippen LogP contribution is -2.41. The van der Waals surface area contributed by atoms with Crippen LogP contribution >= 0.6 is 0 Å². The Kier molecular flexibility index (Phi) is 6.70. The smallest absolute Gasteiger partial charge is 0.222 e. The fourth-order valence-electron chi connectivity index (χ4n) is 3.62. The van der Waals surface area contributed by atoms with E-state index in [0.29, 0.717) is 12.1 Å². The molecule has 0 bridgehead atoms. The number of hydrogen-bond donors (Lipinski definition) is 1. The molecule has 2 N–H and O–H groups in total. The van der Waals surface area contributed by atoms with Gasteiger partial charge in [-0.15, -0.1) is 0 Å². The summed E-state index contributed by atoms with van der Waals surface area (Å²) in [6, 6.07) is 15.7. The number of carbonyl (C=O) groups is 1. The van der Waals surface area contributed by atoms with Crippen LogP contribution in [0, 0.1) is 0 Å². The van der Waals surface area contributed by atoms with E-state index in [4.69, 9.17) is 10.5 Å². The predicted octanol–water partition coefficient (Wildman–Crippen LogP) is 4.65. The first-order valence-electron chi connectivity index (χ1n) is 10.1. The molecule has 5 nitrogen and oxygen atoms in total. The van der Waals surface area contributed by atoms with E-state index in [0.717, 1.165) is 54.1 Å². The maximum atomic E-state index is 11.8. The molecule has 0 unspecified atom stereocenters. The van der Waals surface area contributed by atoms with Crippen molar-refractivity contribution in [2.75, 3.05) is 13.1 Å². The molecule has 0 spiro atoms. The van der Waals surface area contributed by atoms with E-state index in [9.17, 15) is 4.79 Å². The van der Waals surface area contributed by atoms with Gasteiger partial charge < -0.3 is 15.4 Å². The fraction of sp³-hybridized carbons (Fsp3) is 0.333. The van der Waals surface area contributed by atoms with E-state index in [1.54, 1.807) is 0 Å². The van der Waals surface area contributed by atoms with Crippen LogP contribution in [-0.4, -0.2) is 36.7 Å². The summed E-state index contributed by atoms with van der Waals surface area (Å²) in [5.74, 6) is 1.06. The Morgan fingerprint density at radius 3 is 2.45 bits per heavy atom. The largest absolute Gasteiger partial charge is 0.490 e. The number of likely N-dealkylation sites (tertiary alicyclic amines) is 1. The van der Waals surface area contributed by atoms with Crippen LogP contribution in [0.5, 0.6) is 5.75 Å². The lowest BCUT2D eigenvalue weighted by molar-refractivity contribution is -0.132. The monoisotopic (exact) mass is 391 g/mol. The quantitative estimate of drug-likeness (QED) is 0.576. The Morgan fingerprint density at radius 2 is 1.83 bits per heavy atom. The molecule has 2 aromatic rings. The molecule has 1 amide bonds. The van der Waals surface area contributed by atoms with Gasteiger partial charge in [-0.05, 0) is 43.0 Å². The van der Waals surface area contributed by atoms with Crippen molar-refractivity contribution in [3.63, 3.8) is 0 Å². The van der Waals surface area contributed by atoms with Gasteiger partial charge in [-0.2, -0.15) is 0 Å². The Balaban J connectivity index is 1.67. The molecule has 0 aliphatic carbocycles. The van der Waals surface area contributed by atoms with Gasteiger partial charge in [-0.1, -0.05) is 37.3 Å². The lowest BCUT2D eigenvalue weighted by atomic mass is 10.00. The molecule has 0 saturated carbocycles. The predicted molar refractivity (Wildman–Crippen MR) is 119 cm³/mol. The van der Waals surface area contributed by atoms with Gasteiger partial charge in [0.25, 0.3) is 0 Å². The van der Waals surface area contributed by atoms with E-state index in [1.165, 1.54) is 0 Å². The van der Waals surface area contributed by atoms with Gasteiger partial charge in [-0.25, -0.2) is 0 Å². The van der Waals surface area contributed by atoms with Gasteiger partial charge in [0.1, 0.15) is 11.9 Å². The summed E-state index contributed by atoms with van der Waals surface area (Å²) < 4.78 is 6.12. The summed E-state index contributed by atoms with van der Waals surface area (Å²) in [4.78, 5) is 17.8. The number of aliphatic imine (C=N–C) groups is 1. The zero-order chi connectivity index (χ0) is 20.8. The van der Waals surface area contributed by atoms with Gasteiger partial charge >= 0.3 is 0 Å². The van der Waals surface area contributed by atoms with E-state index in [1.807, 2.05) is 67.3 Å². The third kappa shape index (κ3) is 4.86. The van der Waals surface area contributed by atoms with Crippen LogP contribution in [0.25, 0.3) is 11.3 Å². The van der Waals surface area contributed by atoms with Crippen molar-refractivity contribution < 1.29 is 9.53 Å². The number of piperidine rings is 1. The van der Waals surface area contributed by atoms with Crippen molar-refractivity contribution in [3.05, 3.63) is 59.7 Å². The van der Waals surface area contributed by atoms with Crippen molar-refractivity contribution in [1.29, 1.82) is 0 Å². The Morgan fingerprint density at radius 1 is 1.17 bits per heavy atom. The summed E-state index contributed by atoms with van der Waals surface area (Å²) in [5, 5.41) is 0. The summed E-state index contributed by atoms with van der Waals surface area (Å²) in [6.45, 7) is 9.07. The standard InChI is InChI=1S/C24H29N3O2/c1-4-23(28)27-15-13-20(14-16-27)29-19-11-9-18(10-12-19)17(2)24(25)21-7-5-6-8-22(21)26-3/h5-12,20H,3-4,13-16,25H2,1-2H3/b24-17-. The molecule has 152 valence electrons. The summed E-state index contributed by atoms with van der Waals surface area (Å²) in [6.07, 6.45) is 2.44. The van der Waals surface area contributed by atoms with Gasteiger partial charge in [0.2, 0.25) is 5.91 Å². The highest BCUT2D eigenvalue weighted by Crippen LogP contribution is 2.30. The molecule has 2 aromatic carbocycles. The number of carbonyl (C=O) groups excluding carboxylic acids is 1. The molecule has 3 rings (SSSR count). The molecule has 1 aliphatic heterocycles. The molecule has 0 aromatic heterocycles. The number of amides is 1. The van der Waals surface area contributed by atoms with Gasteiger partial charge in [-0.3, -0.25) is 9.79 Å². The molecule has 0 radical (unpaired) electrons. The number of nitrogens with two attached hydrogens (primary N) is 1. The summed E-state index contributed by atoms with van der Waals surface area (Å²) >= 11 is 0. The topological polar surface area (TPSA) is 67.9 Å². The normalized spacial score (nSPS) is 15.6. The molecule has 1 heterocycles. The van der Waals surface area contributed by atoms with Crippen LogP contribution in [0.1, 0.15) is 44.2 Å². The van der Waals surface area contributed by atoms with Crippen LogP contribution in [0.15, 0.2) is 53.5 Å². The van der Waals surface area contributed by atoms with Crippen molar-refractivity contribution in [1.82, 2.24) is 4.90 Å². The SMILES string of the molecule is C=Nc1ccccc1/C(N)=C(\C)c1ccc(OC2CCN(C(=O)CC)CC2)cc1. The van der Waals surface area contributed by atoms with E-state index in [2.05, 4.69) is 11.7 Å². The summed E-state index contributed by atoms with van der Waals surface area (Å²) in [7, 11) is 0. The number of ether oxygens (including phenoxy) is 1. The second-order valence-corrected chi connectivity index (χ2v) is 7.29. The maximum Gasteiger partial charge on any atom is 0.222 e. The minimum atomic E-state index is 0.147. The fourth-order valence-corrected chi connectivity index (χ4v) is 3.62. The van der Waals surface area contributed by atoms with Crippen LogP contribution < -0.4 is 10.5 Å². The Bertz CT molecular complexity index is 895. The van der Waals surface area contributed by atoms with Gasteiger partial charge in [0, 0.05) is 43.6 Å². The van der Waals surface area contributed by atoms with Crippen molar-refractivity contribution in [2.45, 2.75) is 39.2 Å². The average molecular weight is 392 g/mol. The first-order chi connectivity index (χ1) is 14.0. The van der Waals surface area contributed by atoms with Crippen molar-refractivity contribution in [2.24, 2.45) is 10.7 Å². The number of para-hydroxylation sites is 1. The van der Waals surface area contributed by atoms with Crippen LogP contribution in [0.4, 0.5) is 5.69 Å². The van der Waals surface area contributed by atoms with E-state index < -0.39 is 0 Å². The van der Waals surface area contributed by atoms with Crippen LogP contribution in [0.2, 0.25) is 0 Å². The first kappa shape index (κ1) is 20.6. The minimum Gasteiger partial charge on any atom is -0.490 e. The highest BCUT2D eigenvalue weighted by atomic mass is 16.5. The van der Waals surface area contributed by atoms with Gasteiger partial charge in [0.15, 0.2) is 0 Å². The molecule has 0 atom stereocenters. The van der Waals surface area contributed by atoms with E-state index >= 15 is 0 Å². The number of benzene rings is 2. The second-order valence-electron chi connectivity index (χ2n) is 7.29. The molecule has 5 heteroatoms. The van der Waals surface area contributed by atoms with Crippen molar-refractivity contribution >= 4 is 29.6 Å². The first-order valence-corrected chi connectivity index (χ1v) is 10.1. The van der Waals surface area contributed by atoms with Crippen molar-refractivity contribution in [3.8, 4) is 5.75 Å². The number of nitrogens with zero attached hydrogens (tertiary/aromatic N) is 2. The lowest BCUT2D eigenvalue weighted by Gasteiger charge is -2.32. The average Bonchev–Trinajstić information content (AvgIpc) is 2.78. The highest BCUT2D eigenvalue weighted by molar-refractivity contribution is 5.91. The van der Waals surface area contributed by atoms with E-state index in [-0.39, 0.29) is 12.0 Å². The third-order valence-electron chi connectivity index (χ3n) is 5.46. The molecule has 1 fully saturated rings. The molecule has 1 aliphatic rings. The third-order valence-corrected chi connectivity index (χ3v) is 5.46. The summed E-state index contributed by atoms with van der Waals surface area (Å²) in [5.41, 5.74) is 10.8. The molecular weight excluding hydrogens is 362 g/mol. The Labute approximate surface area is 172 Å². The molecular formula is C24H29N3O2. The number of allylic oxidation sites excluding steroid dienone is 1. The minimum absolute atomic E-state index is 0.147. The highest BCUT2D eigenvalue weighted by Gasteiger charge is 2.23. The molecule has 1 saturated heterocycles. The number of hydrogen-bond acceptors (Lipinski definition) is 4. The second kappa shape index (κ2) is 9.41. The number of rotatable bonds is 6. The zero-order valence-electron chi connectivity index (χ0n) is 17.2. The zero-order valence-corrected chi connectivity index (χ0v) is 17.2. The van der Waals surface area contributed by atoms with Crippen LogP contribution in [-0.2, 0) is 4.79 Å².